The normalized spacial score (nSPS) is 17.5. The smallest absolute Gasteiger partial charge is 0.233 e. The number of nitrogens with zero attached hydrogens (tertiary/aromatic N) is 3. The second-order valence-electron chi connectivity index (χ2n) is 7.66. The van der Waals surface area contributed by atoms with Gasteiger partial charge in [0.05, 0.1) is 17.6 Å². The lowest BCUT2D eigenvalue weighted by Gasteiger charge is -2.33. The Hall–Kier alpha value is -1.46. The molecule has 27 heavy (non-hydrogen) atoms. The lowest BCUT2D eigenvalue weighted by atomic mass is 10.0. The third-order valence-corrected chi connectivity index (χ3v) is 6.18. The van der Waals surface area contributed by atoms with Gasteiger partial charge in [0, 0.05) is 24.2 Å². The Balaban J connectivity index is 1.76. The average Bonchev–Trinajstić information content (AvgIpc) is 3.02. The van der Waals surface area contributed by atoms with E-state index in [0.717, 1.165) is 47.4 Å². The number of aromatic nitrogens is 2. The number of hydrogen-bond acceptors (Lipinski definition) is 3. The third-order valence-electron chi connectivity index (χ3n) is 4.95. The Kier molecular flexibility index (Phi) is 6.88. The lowest BCUT2D eigenvalue weighted by molar-refractivity contribution is -0.131. The molecule has 146 valence electrons. The van der Waals surface area contributed by atoms with Crippen LogP contribution in [0.3, 0.4) is 0 Å². The van der Waals surface area contributed by atoms with Crippen LogP contribution in [0.2, 0.25) is 5.02 Å². The molecule has 0 spiro atoms. The molecule has 1 unspecified atom stereocenters. The summed E-state index contributed by atoms with van der Waals surface area (Å²) in [6.07, 6.45) is 5.35. The molecule has 1 aliphatic rings. The van der Waals surface area contributed by atoms with Gasteiger partial charge in [0.1, 0.15) is 0 Å². The highest BCUT2D eigenvalue weighted by Gasteiger charge is 2.24. The van der Waals surface area contributed by atoms with Crippen LogP contribution in [0.1, 0.15) is 40.0 Å². The minimum Gasteiger partial charge on any atom is -0.339 e. The number of thioether (sulfide) groups is 1. The van der Waals surface area contributed by atoms with E-state index in [4.69, 9.17) is 11.6 Å². The SMILES string of the molecule is CC(C)Cn1c(-c2ccc(Cl)cc2)cnc1SCC(=O)N1CCCCC1C. The summed E-state index contributed by atoms with van der Waals surface area (Å²) in [5.74, 6) is 1.15. The molecule has 1 fully saturated rings. The zero-order valence-corrected chi connectivity index (χ0v) is 17.9. The van der Waals surface area contributed by atoms with E-state index < -0.39 is 0 Å². The molecule has 0 bridgehead atoms. The van der Waals surface area contributed by atoms with Gasteiger partial charge in [0.25, 0.3) is 0 Å². The number of amides is 1. The highest BCUT2D eigenvalue weighted by Crippen LogP contribution is 2.29. The number of halogens is 1. The Labute approximate surface area is 171 Å². The van der Waals surface area contributed by atoms with E-state index in [1.165, 1.54) is 6.42 Å². The van der Waals surface area contributed by atoms with E-state index >= 15 is 0 Å². The minimum atomic E-state index is 0.222. The highest BCUT2D eigenvalue weighted by atomic mass is 35.5. The first-order valence-electron chi connectivity index (χ1n) is 9.69. The maximum atomic E-state index is 12.7. The fourth-order valence-electron chi connectivity index (χ4n) is 3.54. The van der Waals surface area contributed by atoms with Gasteiger partial charge in [-0.25, -0.2) is 4.98 Å². The van der Waals surface area contributed by atoms with E-state index in [2.05, 4.69) is 30.3 Å². The standard InChI is InChI=1S/C21H28ClN3OS/c1-15(2)13-25-19(17-7-9-18(22)10-8-17)12-23-21(25)27-14-20(26)24-11-5-4-6-16(24)3/h7-10,12,15-16H,4-6,11,13-14H2,1-3H3. The number of rotatable bonds is 6. The van der Waals surface area contributed by atoms with Crippen LogP contribution in [0.25, 0.3) is 11.3 Å². The van der Waals surface area contributed by atoms with E-state index in [-0.39, 0.29) is 5.91 Å². The first-order chi connectivity index (χ1) is 13.0. The fourth-order valence-corrected chi connectivity index (χ4v) is 4.54. The molecule has 1 aliphatic heterocycles. The number of piperidine rings is 1. The molecule has 0 saturated carbocycles. The van der Waals surface area contributed by atoms with Crippen LogP contribution in [0.15, 0.2) is 35.6 Å². The second-order valence-corrected chi connectivity index (χ2v) is 9.04. The predicted molar refractivity (Wildman–Crippen MR) is 113 cm³/mol. The van der Waals surface area contributed by atoms with E-state index in [9.17, 15) is 4.79 Å². The number of likely N-dealkylation sites (tertiary alicyclic amines) is 1. The number of carbonyl (C=O) groups excluding carboxylic acids is 1. The summed E-state index contributed by atoms with van der Waals surface area (Å²) in [5, 5.41) is 1.64. The molecule has 1 aromatic carbocycles. The van der Waals surface area contributed by atoms with Crippen molar-refractivity contribution in [2.75, 3.05) is 12.3 Å². The molecule has 1 atom stereocenters. The Morgan fingerprint density at radius 3 is 2.70 bits per heavy atom. The summed E-state index contributed by atoms with van der Waals surface area (Å²) >= 11 is 7.58. The Morgan fingerprint density at radius 2 is 2.04 bits per heavy atom. The summed E-state index contributed by atoms with van der Waals surface area (Å²) in [5.41, 5.74) is 2.16. The molecular weight excluding hydrogens is 378 g/mol. The van der Waals surface area contributed by atoms with Crippen LogP contribution in [-0.4, -0.2) is 38.7 Å². The Bertz CT molecular complexity index is 772. The van der Waals surface area contributed by atoms with Crippen LogP contribution in [0.4, 0.5) is 0 Å². The van der Waals surface area contributed by atoms with Gasteiger partial charge in [0.15, 0.2) is 5.16 Å². The van der Waals surface area contributed by atoms with Gasteiger partial charge >= 0.3 is 0 Å². The maximum Gasteiger partial charge on any atom is 0.233 e. The van der Waals surface area contributed by atoms with Gasteiger partial charge in [-0.3, -0.25) is 4.79 Å². The quantitative estimate of drug-likeness (QED) is 0.607. The topological polar surface area (TPSA) is 38.1 Å². The lowest BCUT2D eigenvalue weighted by Crippen LogP contribution is -2.43. The van der Waals surface area contributed by atoms with Gasteiger partial charge in [0.2, 0.25) is 5.91 Å². The van der Waals surface area contributed by atoms with Crippen molar-refractivity contribution in [3.8, 4) is 11.3 Å². The summed E-state index contributed by atoms with van der Waals surface area (Å²) in [7, 11) is 0. The zero-order valence-electron chi connectivity index (χ0n) is 16.3. The number of benzene rings is 1. The molecule has 0 radical (unpaired) electrons. The monoisotopic (exact) mass is 405 g/mol. The van der Waals surface area contributed by atoms with Gasteiger partial charge in [-0.05, 0) is 49.8 Å². The zero-order chi connectivity index (χ0) is 19.4. The van der Waals surface area contributed by atoms with Gasteiger partial charge in [-0.2, -0.15) is 0 Å². The molecule has 1 aromatic heterocycles. The van der Waals surface area contributed by atoms with E-state index in [0.29, 0.717) is 17.7 Å². The minimum absolute atomic E-state index is 0.222. The van der Waals surface area contributed by atoms with E-state index in [1.807, 2.05) is 35.4 Å². The maximum absolute atomic E-state index is 12.7. The van der Waals surface area contributed by atoms with Crippen LogP contribution in [0.5, 0.6) is 0 Å². The van der Waals surface area contributed by atoms with Crippen molar-refractivity contribution >= 4 is 29.3 Å². The third kappa shape index (κ3) is 5.08. The van der Waals surface area contributed by atoms with Crippen molar-refractivity contribution in [2.45, 2.75) is 57.8 Å². The first kappa shape index (κ1) is 20.3. The van der Waals surface area contributed by atoms with Crippen molar-refractivity contribution in [2.24, 2.45) is 5.92 Å². The molecule has 3 rings (SSSR count). The molecule has 2 heterocycles. The summed E-state index contributed by atoms with van der Waals surface area (Å²) in [6, 6.07) is 8.19. The molecule has 2 aromatic rings. The van der Waals surface area contributed by atoms with Gasteiger partial charge < -0.3 is 9.47 Å². The average molecular weight is 406 g/mol. The van der Waals surface area contributed by atoms with Crippen LogP contribution in [0, 0.1) is 5.92 Å². The van der Waals surface area contributed by atoms with Crippen molar-refractivity contribution < 1.29 is 4.79 Å². The second kappa shape index (κ2) is 9.16. The summed E-state index contributed by atoms with van der Waals surface area (Å²) < 4.78 is 2.23. The van der Waals surface area contributed by atoms with Crippen LogP contribution < -0.4 is 0 Å². The van der Waals surface area contributed by atoms with Crippen molar-refractivity contribution in [1.82, 2.24) is 14.5 Å². The largest absolute Gasteiger partial charge is 0.339 e. The Morgan fingerprint density at radius 1 is 1.30 bits per heavy atom. The van der Waals surface area contributed by atoms with Crippen LogP contribution in [-0.2, 0) is 11.3 Å². The first-order valence-corrected chi connectivity index (χ1v) is 11.1. The molecule has 6 heteroatoms. The number of hydrogen-bond donors (Lipinski definition) is 0. The molecule has 4 nitrogen and oxygen atoms in total. The van der Waals surface area contributed by atoms with Gasteiger partial charge in [-0.15, -0.1) is 0 Å². The number of carbonyl (C=O) groups is 1. The molecule has 1 saturated heterocycles. The molecule has 0 aliphatic carbocycles. The van der Waals surface area contributed by atoms with Gasteiger partial charge in [-0.1, -0.05) is 49.3 Å². The highest BCUT2D eigenvalue weighted by molar-refractivity contribution is 7.99. The van der Waals surface area contributed by atoms with Crippen LogP contribution >= 0.6 is 23.4 Å². The van der Waals surface area contributed by atoms with Crippen molar-refractivity contribution in [3.05, 3.63) is 35.5 Å². The summed E-state index contributed by atoms with van der Waals surface area (Å²) in [4.78, 5) is 19.3. The van der Waals surface area contributed by atoms with Crippen molar-refractivity contribution in [3.63, 3.8) is 0 Å². The van der Waals surface area contributed by atoms with E-state index in [1.54, 1.807) is 11.8 Å². The van der Waals surface area contributed by atoms with Crippen molar-refractivity contribution in [1.29, 1.82) is 0 Å². The molecule has 0 N–H and O–H groups in total. The predicted octanol–water partition coefficient (Wildman–Crippen LogP) is 5.35. The summed E-state index contributed by atoms with van der Waals surface area (Å²) in [6.45, 7) is 8.30. The fraction of sp³-hybridized carbons (Fsp3) is 0.524. The number of imidazole rings is 1. The molecule has 1 amide bonds. The molecular formula is C21H28ClN3OS.